The Morgan fingerprint density at radius 1 is 1.10 bits per heavy atom. The van der Waals surface area contributed by atoms with E-state index in [1.807, 2.05) is 12.1 Å². The predicted molar refractivity (Wildman–Crippen MR) is 117 cm³/mol. The van der Waals surface area contributed by atoms with E-state index in [9.17, 15) is 4.79 Å². The minimum atomic E-state index is -0.0150. The van der Waals surface area contributed by atoms with Crippen molar-refractivity contribution in [2.24, 2.45) is 0 Å². The number of nitrogens with zero attached hydrogens (tertiary/aromatic N) is 1. The molecule has 0 radical (unpaired) electrons. The van der Waals surface area contributed by atoms with Gasteiger partial charge >= 0.3 is 0 Å². The highest BCUT2D eigenvalue weighted by Gasteiger charge is 2.34. The van der Waals surface area contributed by atoms with Crippen LogP contribution in [-0.2, 0) is 17.8 Å². The highest BCUT2D eigenvalue weighted by atomic mass is 16.5. The number of methoxy groups -OCH3 is 3. The number of rotatable bonds is 8. The van der Waals surface area contributed by atoms with Crippen LogP contribution in [0.5, 0.6) is 17.2 Å². The van der Waals surface area contributed by atoms with Crippen LogP contribution < -0.4 is 19.5 Å². The van der Waals surface area contributed by atoms with E-state index in [0.717, 1.165) is 37.4 Å². The second-order valence-corrected chi connectivity index (χ2v) is 7.63. The fraction of sp³-hybridized carbons (Fsp3) is 0.458. The number of fused-ring (bicyclic) bond motifs is 1. The monoisotopic (exact) mass is 412 g/mol. The molecule has 3 rings (SSSR count). The molecule has 2 aromatic rings. The zero-order valence-corrected chi connectivity index (χ0v) is 18.5. The Morgan fingerprint density at radius 3 is 2.33 bits per heavy atom. The van der Waals surface area contributed by atoms with Crippen molar-refractivity contribution in [1.82, 2.24) is 10.2 Å². The van der Waals surface area contributed by atoms with Crippen LogP contribution in [0.15, 0.2) is 36.4 Å². The minimum absolute atomic E-state index is 0.00195. The topological polar surface area (TPSA) is 60.0 Å². The van der Waals surface area contributed by atoms with Gasteiger partial charge in [0.2, 0.25) is 5.91 Å². The average molecular weight is 413 g/mol. The molecule has 1 amide bonds. The summed E-state index contributed by atoms with van der Waals surface area (Å²) in [6.07, 6.45) is 1.75. The number of hydrogen-bond donors (Lipinski definition) is 1. The van der Waals surface area contributed by atoms with Gasteiger partial charge in [-0.15, -0.1) is 0 Å². The van der Waals surface area contributed by atoms with E-state index in [1.165, 1.54) is 16.7 Å². The first kappa shape index (κ1) is 22.0. The van der Waals surface area contributed by atoms with Crippen LogP contribution in [0.4, 0.5) is 0 Å². The Morgan fingerprint density at radius 2 is 1.77 bits per heavy atom. The van der Waals surface area contributed by atoms with Crippen molar-refractivity contribution in [2.45, 2.75) is 45.3 Å². The van der Waals surface area contributed by atoms with E-state index in [-0.39, 0.29) is 18.0 Å². The summed E-state index contributed by atoms with van der Waals surface area (Å²) in [6, 6.07) is 12.4. The van der Waals surface area contributed by atoms with Crippen molar-refractivity contribution in [3.8, 4) is 17.2 Å². The Hall–Kier alpha value is -2.73. The van der Waals surface area contributed by atoms with Crippen molar-refractivity contribution in [1.29, 1.82) is 0 Å². The molecule has 0 bridgehead atoms. The molecule has 2 aromatic carbocycles. The molecule has 0 aromatic heterocycles. The molecule has 0 saturated heterocycles. The molecule has 2 atom stereocenters. The zero-order valence-electron chi connectivity index (χ0n) is 18.5. The van der Waals surface area contributed by atoms with Gasteiger partial charge in [0.25, 0.3) is 0 Å². The second-order valence-electron chi connectivity index (χ2n) is 7.63. The van der Waals surface area contributed by atoms with Crippen LogP contribution in [-0.4, -0.2) is 44.7 Å². The predicted octanol–water partition coefficient (Wildman–Crippen LogP) is 3.73. The SMILES string of the molecule is CC[C@@H](NC(C)=O)[C@@H]1c2cc(OC)c(OC)cc2CCN1Cc1ccc(OC)cc1. The van der Waals surface area contributed by atoms with E-state index in [0.29, 0.717) is 5.75 Å². The lowest BCUT2D eigenvalue weighted by Gasteiger charge is -2.42. The van der Waals surface area contributed by atoms with E-state index in [4.69, 9.17) is 14.2 Å². The Kier molecular flexibility index (Phi) is 7.21. The van der Waals surface area contributed by atoms with Gasteiger partial charge < -0.3 is 19.5 Å². The van der Waals surface area contributed by atoms with Crippen LogP contribution >= 0.6 is 0 Å². The summed E-state index contributed by atoms with van der Waals surface area (Å²) in [5.74, 6) is 2.29. The highest BCUT2D eigenvalue weighted by molar-refractivity contribution is 5.73. The van der Waals surface area contributed by atoms with Crippen molar-refractivity contribution in [3.05, 3.63) is 53.1 Å². The molecule has 1 N–H and O–H groups in total. The van der Waals surface area contributed by atoms with Crippen LogP contribution in [0.2, 0.25) is 0 Å². The molecule has 1 heterocycles. The second kappa shape index (κ2) is 9.85. The van der Waals surface area contributed by atoms with Gasteiger partial charge in [0, 0.05) is 26.1 Å². The number of hydrogen-bond acceptors (Lipinski definition) is 5. The lowest BCUT2D eigenvalue weighted by molar-refractivity contribution is -0.120. The van der Waals surface area contributed by atoms with Crippen molar-refractivity contribution in [2.75, 3.05) is 27.9 Å². The molecule has 30 heavy (non-hydrogen) atoms. The smallest absolute Gasteiger partial charge is 0.217 e. The first-order chi connectivity index (χ1) is 14.5. The lowest BCUT2D eigenvalue weighted by atomic mass is 9.86. The van der Waals surface area contributed by atoms with E-state index in [2.05, 4.69) is 41.4 Å². The molecule has 0 spiro atoms. The van der Waals surface area contributed by atoms with Gasteiger partial charge in [0.15, 0.2) is 11.5 Å². The number of carbonyl (C=O) groups is 1. The molecule has 0 fully saturated rings. The molecule has 0 aliphatic carbocycles. The van der Waals surface area contributed by atoms with Gasteiger partial charge in [-0.3, -0.25) is 9.69 Å². The Labute approximate surface area is 179 Å². The molecule has 162 valence electrons. The third-order valence-electron chi connectivity index (χ3n) is 5.78. The summed E-state index contributed by atoms with van der Waals surface area (Å²) in [4.78, 5) is 14.4. The van der Waals surface area contributed by atoms with Crippen molar-refractivity contribution in [3.63, 3.8) is 0 Å². The van der Waals surface area contributed by atoms with Crippen LogP contribution in [0.3, 0.4) is 0 Å². The number of nitrogens with one attached hydrogen (secondary N) is 1. The van der Waals surface area contributed by atoms with Crippen molar-refractivity contribution < 1.29 is 19.0 Å². The van der Waals surface area contributed by atoms with Gasteiger partial charge in [-0.1, -0.05) is 19.1 Å². The standard InChI is InChI=1S/C24H32N2O4/c1-6-21(25-16(2)27)24-20-14-23(30-5)22(29-4)13-18(20)11-12-26(24)15-17-7-9-19(28-3)10-8-17/h7-10,13-14,21,24H,6,11-12,15H2,1-5H3,(H,25,27)/t21-,24+/m1/s1. The molecule has 6 heteroatoms. The maximum atomic E-state index is 11.9. The summed E-state index contributed by atoms with van der Waals surface area (Å²) < 4.78 is 16.4. The first-order valence-electron chi connectivity index (χ1n) is 10.4. The summed E-state index contributed by atoms with van der Waals surface area (Å²) in [5, 5.41) is 3.17. The van der Waals surface area contributed by atoms with Crippen LogP contribution in [0.1, 0.15) is 43.0 Å². The molecule has 0 saturated carbocycles. The summed E-state index contributed by atoms with van der Waals surface area (Å²) in [6.45, 7) is 5.38. The van der Waals surface area contributed by atoms with Gasteiger partial charge in [0.05, 0.1) is 27.4 Å². The largest absolute Gasteiger partial charge is 0.497 e. The Bertz CT molecular complexity index is 866. The van der Waals surface area contributed by atoms with E-state index < -0.39 is 0 Å². The molecule has 1 aliphatic rings. The first-order valence-corrected chi connectivity index (χ1v) is 10.4. The fourth-order valence-corrected chi connectivity index (χ4v) is 4.31. The number of benzene rings is 2. The molecule has 0 unspecified atom stereocenters. The average Bonchev–Trinajstić information content (AvgIpc) is 2.77. The summed E-state index contributed by atoms with van der Waals surface area (Å²) in [7, 11) is 4.99. The number of ether oxygens (including phenoxy) is 3. The third kappa shape index (κ3) is 4.70. The molecule has 1 aliphatic heterocycles. The van der Waals surface area contributed by atoms with Gasteiger partial charge in [-0.25, -0.2) is 0 Å². The summed E-state index contributed by atoms with van der Waals surface area (Å²) >= 11 is 0. The Balaban J connectivity index is 2.00. The lowest BCUT2D eigenvalue weighted by Crippen LogP contribution is -2.48. The quantitative estimate of drug-likeness (QED) is 0.716. The third-order valence-corrected chi connectivity index (χ3v) is 5.78. The highest BCUT2D eigenvalue weighted by Crippen LogP contribution is 2.40. The van der Waals surface area contributed by atoms with E-state index >= 15 is 0 Å². The molecular weight excluding hydrogens is 380 g/mol. The fourth-order valence-electron chi connectivity index (χ4n) is 4.31. The summed E-state index contributed by atoms with van der Waals surface area (Å²) in [5.41, 5.74) is 3.64. The van der Waals surface area contributed by atoms with Gasteiger partial charge in [-0.2, -0.15) is 0 Å². The number of amides is 1. The molecule has 6 nitrogen and oxygen atoms in total. The minimum Gasteiger partial charge on any atom is -0.497 e. The van der Waals surface area contributed by atoms with Crippen molar-refractivity contribution >= 4 is 5.91 Å². The van der Waals surface area contributed by atoms with Gasteiger partial charge in [-0.05, 0) is 53.8 Å². The van der Waals surface area contributed by atoms with Gasteiger partial charge in [0.1, 0.15) is 5.75 Å². The van der Waals surface area contributed by atoms with Crippen LogP contribution in [0, 0.1) is 0 Å². The normalized spacial score (nSPS) is 17.0. The van der Waals surface area contributed by atoms with Crippen LogP contribution in [0.25, 0.3) is 0 Å². The maximum absolute atomic E-state index is 11.9. The van der Waals surface area contributed by atoms with E-state index in [1.54, 1.807) is 28.3 Å². The number of carbonyl (C=O) groups excluding carboxylic acids is 1. The zero-order chi connectivity index (χ0) is 21.7. The maximum Gasteiger partial charge on any atom is 0.217 e. The molecular formula is C24H32N2O4.